The Labute approximate surface area is 138 Å². The van der Waals surface area contributed by atoms with Gasteiger partial charge in [0.15, 0.2) is 0 Å². The van der Waals surface area contributed by atoms with Gasteiger partial charge in [0.05, 0.1) is 11.0 Å². The molecule has 1 fully saturated rings. The highest BCUT2D eigenvalue weighted by molar-refractivity contribution is 6.40. The van der Waals surface area contributed by atoms with E-state index in [4.69, 9.17) is 11.6 Å². The van der Waals surface area contributed by atoms with Gasteiger partial charge in [0, 0.05) is 0 Å². The van der Waals surface area contributed by atoms with E-state index in [1.54, 1.807) is 20.8 Å². The van der Waals surface area contributed by atoms with E-state index in [0.29, 0.717) is 4.90 Å². The van der Waals surface area contributed by atoms with Crippen LogP contribution in [0.3, 0.4) is 0 Å². The number of ether oxygens (including phenoxy) is 2. The van der Waals surface area contributed by atoms with Crippen LogP contribution in [0.4, 0.5) is 0 Å². The second-order valence-electron chi connectivity index (χ2n) is 6.75. The maximum absolute atomic E-state index is 11.8. The van der Waals surface area contributed by atoms with Crippen LogP contribution in [0, 0.1) is 11.3 Å². The molecule has 8 nitrogen and oxygen atoms in total. The van der Waals surface area contributed by atoms with Crippen LogP contribution in [0.25, 0.3) is 0 Å². The van der Waals surface area contributed by atoms with E-state index in [1.165, 1.54) is 13.8 Å². The first-order chi connectivity index (χ1) is 10.3. The predicted molar refractivity (Wildman–Crippen MR) is 77.8 cm³/mol. The van der Waals surface area contributed by atoms with Crippen LogP contribution in [0.2, 0.25) is 0 Å². The number of imide groups is 1. The van der Waals surface area contributed by atoms with Crippen molar-refractivity contribution in [2.45, 2.75) is 45.7 Å². The minimum atomic E-state index is -1.42. The van der Waals surface area contributed by atoms with E-state index in [-0.39, 0.29) is 0 Å². The normalized spacial score (nSPS) is 21.5. The number of halogens is 1. The lowest BCUT2D eigenvalue weighted by atomic mass is 9.83. The topological polar surface area (TPSA) is 110 Å². The van der Waals surface area contributed by atoms with Gasteiger partial charge in [-0.3, -0.25) is 19.3 Å². The SMILES string of the molecule is CC(C)(C)C(=O)OCOC(=O)C(=O)N1C(=O)[C@@H](C(C)(C)O)[C@@H]1Cl. The standard InChI is InChI=1S/C14H20ClNO7/c1-13(2,3)12(20)23-6-22-11(19)10(18)16-8(15)7(9(16)17)14(4,5)21/h7-8,21H,6H2,1-5H3/t7-,8+/m0/s1. The molecule has 0 aromatic rings. The summed E-state index contributed by atoms with van der Waals surface area (Å²) in [5, 5.41) is 9.78. The molecule has 0 saturated carbocycles. The zero-order valence-electron chi connectivity index (χ0n) is 13.6. The molecular formula is C14H20ClNO7. The zero-order valence-corrected chi connectivity index (χ0v) is 14.3. The maximum atomic E-state index is 11.8. The van der Waals surface area contributed by atoms with Gasteiger partial charge in [0.2, 0.25) is 12.7 Å². The Morgan fingerprint density at radius 3 is 2.09 bits per heavy atom. The fourth-order valence-corrected chi connectivity index (χ4v) is 2.42. The summed E-state index contributed by atoms with van der Waals surface area (Å²) in [6.45, 7) is 6.82. The first-order valence-corrected chi connectivity index (χ1v) is 7.30. The molecule has 0 aliphatic carbocycles. The van der Waals surface area contributed by atoms with E-state index in [0.717, 1.165) is 0 Å². The molecule has 130 valence electrons. The molecule has 23 heavy (non-hydrogen) atoms. The summed E-state index contributed by atoms with van der Waals surface area (Å²) >= 11 is 5.87. The average molecular weight is 350 g/mol. The number of nitrogens with zero attached hydrogens (tertiary/aromatic N) is 1. The van der Waals surface area contributed by atoms with Gasteiger partial charge in [-0.05, 0) is 34.6 Å². The highest BCUT2D eigenvalue weighted by Gasteiger charge is 2.57. The van der Waals surface area contributed by atoms with Crippen LogP contribution in [0.5, 0.6) is 0 Å². The molecule has 2 atom stereocenters. The molecular weight excluding hydrogens is 330 g/mol. The predicted octanol–water partition coefficient (Wildman–Crippen LogP) is 0.397. The number of amides is 2. The van der Waals surface area contributed by atoms with Crippen molar-refractivity contribution >= 4 is 35.4 Å². The van der Waals surface area contributed by atoms with Crippen LogP contribution >= 0.6 is 11.6 Å². The van der Waals surface area contributed by atoms with Crippen LogP contribution < -0.4 is 0 Å². The number of aliphatic hydroxyl groups is 1. The van der Waals surface area contributed by atoms with Gasteiger partial charge in [0.25, 0.3) is 0 Å². The molecule has 0 unspecified atom stereocenters. The lowest BCUT2D eigenvalue weighted by molar-refractivity contribution is -0.187. The molecule has 1 aliphatic heterocycles. The number of hydrogen-bond donors (Lipinski definition) is 1. The summed E-state index contributed by atoms with van der Waals surface area (Å²) in [4.78, 5) is 47.2. The number of rotatable bonds is 3. The average Bonchev–Trinajstić information content (AvgIpc) is 2.35. The molecule has 9 heteroatoms. The molecule has 0 aromatic carbocycles. The fraction of sp³-hybridized carbons (Fsp3) is 0.714. The quantitative estimate of drug-likeness (QED) is 0.196. The Hall–Kier alpha value is -1.67. The first kappa shape index (κ1) is 19.4. The second-order valence-corrected chi connectivity index (χ2v) is 7.20. The van der Waals surface area contributed by atoms with Crippen molar-refractivity contribution in [1.29, 1.82) is 0 Å². The summed E-state index contributed by atoms with van der Waals surface area (Å²) < 4.78 is 9.17. The molecule has 1 heterocycles. The minimum Gasteiger partial charge on any atom is -0.427 e. The summed E-state index contributed by atoms with van der Waals surface area (Å²) in [5.41, 5.74) is -3.36. The van der Waals surface area contributed by atoms with Crippen molar-refractivity contribution < 1.29 is 33.8 Å². The Balaban J connectivity index is 2.55. The van der Waals surface area contributed by atoms with E-state index in [9.17, 15) is 24.3 Å². The monoisotopic (exact) mass is 349 g/mol. The van der Waals surface area contributed by atoms with E-state index in [2.05, 4.69) is 9.47 Å². The summed E-state index contributed by atoms with van der Waals surface area (Å²) in [6, 6.07) is 0. The van der Waals surface area contributed by atoms with Gasteiger partial charge >= 0.3 is 17.8 Å². The van der Waals surface area contributed by atoms with Crippen molar-refractivity contribution in [2.75, 3.05) is 6.79 Å². The number of carbonyl (C=O) groups excluding carboxylic acids is 4. The second kappa shape index (κ2) is 6.45. The molecule has 0 spiro atoms. The molecule has 0 aromatic heterocycles. The molecule has 1 aliphatic rings. The van der Waals surface area contributed by atoms with E-state index < -0.39 is 53.0 Å². The highest BCUT2D eigenvalue weighted by Crippen LogP contribution is 2.37. The molecule has 1 rings (SSSR count). The van der Waals surface area contributed by atoms with Crippen molar-refractivity contribution in [1.82, 2.24) is 4.90 Å². The number of carbonyl (C=O) groups is 4. The lowest BCUT2D eigenvalue weighted by Gasteiger charge is -2.46. The van der Waals surface area contributed by atoms with Crippen molar-refractivity contribution in [3.63, 3.8) is 0 Å². The number of esters is 2. The molecule has 0 radical (unpaired) electrons. The third kappa shape index (κ3) is 4.20. The summed E-state index contributed by atoms with van der Waals surface area (Å²) in [6.07, 6.45) is 0. The number of likely N-dealkylation sites (tertiary alicyclic amines) is 1. The maximum Gasteiger partial charge on any atom is 0.400 e. The fourth-order valence-electron chi connectivity index (χ4n) is 1.82. The van der Waals surface area contributed by atoms with Gasteiger partial charge in [0.1, 0.15) is 11.4 Å². The molecule has 1 saturated heterocycles. The molecule has 1 N–H and O–H groups in total. The van der Waals surface area contributed by atoms with Gasteiger partial charge in [-0.2, -0.15) is 0 Å². The van der Waals surface area contributed by atoms with Gasteiger partial charge in [-0.15, -0.1) is 0 Å². The van der Waals surface area contributed by atoms with E-state index in [1.807, 2.05) is 0 Å². The Bertz CT molecular complexity index is 532. The smallest absolute Gasteiger partial charge is 0.400 e. The molecule has 0 bridgehead atoms. The van der Waals surface area contributed by atoms with Gasteiger partial charge in [-0.1, -0.05) is 11.6 Å². The zero-order chi connectivity index (χ0) is 18.2. The number of hydrogen-bond acceptors (Lipinski definition) is 7. The van der Waals surface area contributed by atoms with Gasteiger partial charge < -0.3 is 14.6 Å². The highest BCUT2D eigenvalue weighted by atomic mass is 35.5. The first-order valence-electron chi connectivity index (χ1n) is 6.86. The lowest BCUT2D eigenvalue weighted by Crippen LogP contribution is -2.67. The van der Waals surface area contributed by atoms with Crippen LogP contribution in [0.15, 0.2) is 0 Å². The number of β-lactam (4-membered cyclic amide) rings is 1. The Morgan fingerprint density at radius 2 is 1.70 bits per heavy atom. The van der Waals surface area contributed by atoms with Crippen molar-refractivity contribution in [3.05, 3.63) is 0 Å². The Morgan fingerprint density at radius 1 is 1.17 bits per heavy atom. The summed E-state index contributed by atoms with van der Waals surface area (Å²) in [7, 11) is 0. The van der Waals surface area contributed by atoms with Crippen LogP contribution in [-0.4, -0.2) is 51.7 Å². The molecule has 2 amide bonds. The van der Waals surface area contributed by atoms with E-state index >= 15 is 0 Å². The van der Waals surface area contributed by atoms with Crippen molar-refractivity contribution in [2.24, 2.45) is 11.3 Å². The van der Waals surface area contributed by atoms with Crippen LogP contribution in [-0.2, 0) is 28.7 Å². The van der Waals surface area contributed by atoms with Crippen molar-refractivity contribution in [3.8, 4) is 0 Å². The minimum absolute atomic E-state index is 0.498. The largest absolute Gasteiger partial charge is 0.427 e. The van der Waals surface area contributed by atoms with Gasteiger partial charge in [-0.25, -0.2) is 4.79 Å². The third-order valence-electron chi connectivity index (χ3n) is 3.17. The summed E-state index contributed by atoms with van der Waals surface area (Å²) in [5.74, 6) is -5.04. The third-order valence-corrected chi connectivity index (χ3v) is 3.62. The number of alkyl halides is 1. The Kier molecular flexibility index (Phi) is 5.43. The van der Waals surface area contributed by atoms with Crippen LogP contribution in [0.1, 0.15) is 34.6 Å².